The van der Waals surface area contributed by atoms with Crippen molar-refractivity contribution in [1.29, 1.82) is 5.26 Å². The molecule has 1 aromatic carbocycles. The molecule has 0 radical (unpaired) electrons. The molecule has 0 bridgehead atoms. The number of anilines is 2. The smallest absolute Gasteiger partial charge is 0.227 e. The number of aromatic nitrogens is 2. The fourth-order valence-corrected chi connectivity index (χ4v) is 1.45. The van der Waals surface area contributed by atoms with Crippen LogP contribution < -0.4 is 5.32 Å². The van der Waals surface area contributed by atoms with Gasteiger partial charge in [-0.1, -0.05) is 6.07 Å². The average Bonchev–Trinajstić information content (AvgIpc) is 2.32. The highest BCUT2D eigenvalue weighted by molar-refractivity contribution is 14.1. The van der Waals surface area contributed by atoms with Crippen LogP contribution in [-0.2, 0) is 0 Å². The summed E-state index contributed by atoms with van der Waals surface area (Å²) in [4.78, 5) is 8.23. The van der Waals surface area contributed by atoms with Crippen LogP contribution in [-0.4, -0.2) is 9.97 Å². The highest BCUT2D eigenvalue weighted by Crippen LogP contribution is 2.14. The van der Waals surface area contributed by atoms with Gasteiger partial charge in [0.15, 0.2) is 0 Å². The van der Waals surface area contributed by atoms with Crippen molar-refractivity contribution >= 4 is 34.2 Å². The van der Waals surface area contributed by atoms with Crippen LogP contribution in [0.3, 0.4) is 0 Å². The number of nitrogens with one attached hydrogen (secondary N) is 1. The summed E-state index contributed by atoms with van der Waals surface area (Å²) in [5, 5.41) is 11.8. The Kier molecular flexibility index (Phi) is 3.31. The normalized spacial score (nSPS) is 9.50. The molecule has 0 atom stereocenters. The second-order valence-corrected chi connectivity index (χ2v) is 4.29. The van der Waals surface area contributed by atoms with Crippen molar-refractivity contribution in [2.24, 2.45) is 0 Å². The lowest BCUT2D eigenvalue weighted by Crippen LogP contribution is -1.96. The van der Waals surface area contributed by atoms with E-state index in [1.165, 1.54) is 0 Å². The summed E-state index contributed by atoms with van der Waals surface area (Å²) in [6.07, 6.45) is 3.45. The van der Waals surface area contributed by atoms with Crippen molar-refractivity contribution in [2.45, 2.75) is 0 Å². The number of halogens is 1. The Morgan fingerprint density at radius 2 is 2.00 bits per heavy atom. The van der Waals surface area contributed by atoms with E-state index in [9.17, 15) is 0 Å². The molecule has 78 valence electrons. The molecular weight excluding hydrogens is 315 g/mol. The Morgan fingerprint density at radius 3 is 2.69 bits per heavy atom. The summed E-state index contributed by atoms with van der Waals surface area (Å²) in [6.45, 7) is 0. The lowest BCUT2D eigenvalue weighted by atomic mass is 10.2. The molecule has 16 heavy (non-hydrogen) atoms. The molecule has 0 fully saturated rings. The van der Waals surface area contributed by atoms with Crippen LogP contribution in [0.5, 0.6) is 0 Å². The molecule has 1 heterocycles. The first kappa shape index (κ1) is 10.8. The van der Waals surface area contributed by atoms with E-state index in [1.807, 2.05) is 12.1 Å². The van der Waals surface area contributed by atoms with Crippen molar-refractivity contribution in [1.82, 2.24) is 9.97 Å². The lowest BCUT2D eigenvalue weighted by molar-refractivity contribution is 1.15. The number of nitrogens with zero attached hydrogens (tertiary/aromatic N) is 3. The van der Waals surface area contributed by atoms with Crippen molar-refractivity contribution in [3.05, 3.63) is 45.8 Å². The first-order chi connectivity index (χ1) is 7.78. The Hall–Kier alpha value is -1.68. The number of rotatable bonds is 2. The minimum Gasteiger partial charge on any atom is -0.324 e. The molecular formula is C11H7IN4. The van der Waals surface area contributed by atoms with Gasteiger partial charge in [-0.25, -0.2) is 9.97 Å². The zero-order chi connectivity index (χ0) is 11.4. The van der Waals surface area contributed by atoms with E-state index in [1.54, 1.807) is 24.5 Å². The molecule has 4 nitrogen and oxygen atoms in total. The van der Waals surface area contributed by atoms with E-state index >= 15 is 0 Å². The number of hydrogen-bond donors (Lipinski definition) is 1. The van der Waals surface area contributed by atoms with Crippen molar-refractivity contribution in [3.8, 4) is 6.07 Å². The van der Waals surface area contributed by atoms with E-state index in [4.69, 9.17) is 5.26 Å². The zero-order valence-electron chi connectivity index (χ0n) is 8.18. The van der Waals surface area contributed by atoms with Gasteiger partial charge in [-0.15, -0.1) is 0 Å². The third-order valence-electron chi connectivity index (χ3n) is 1.87. The largest absolute Gasteiger partial charge is 0.324 e. The van der Waals surface area contributed by atoms with Gasteiger partial charge in [-0.2, -0.15) is 5.26 Å². The number of hydrogen-bond acceptors (Lipinski definition) is 4. The van der Waals surface area contributed by atoms with Crippen molar-refractivity contribution in [2.75, 3.05) is 5.32 Å². The summed E-state index contributed by atoms with van der Waals surface area (Å²) in [5.41, 5.74) is 1.41. The fourth-order valence-electron chi connectivity index (χ4n) is 1.17. The molecule has 2 rings (SSSR count). The Balaban J connectivity index is 2.21. The van der Waals surface area contributed by atoms with Crippen LogP contribution in [0, 0.1) is 14.9 Å². The van der Waals surface area contributed by atoms with E-state index in [0.29, 0.717) is 11.5 Å². The summed E-state index contributed by atoms with van der Waals surface area (Å²) < 4.78 is 0.980. The monoisotopic (exact) mass is 322 g/mol. The molecule has 0 saturated carbocycles. The van der Waals surface area contributed by atoms with E-state index < -0.39 is 0 Å². The quantitative estimate of drug-likeness (QED) is 0.864. The first-order valence-corrected chi connectivity index (χ1v) is 5.60. The topological polar surface area (TPSA) is 61.6 Å². The van der Waals surface area contributed by atoms with Gasteiger partial charge < -0.3 is 5.32 Å². The third-order valence-corrected chi connectivity index (χ3v) is 2.43. The molecule has 0 spiro atoms. The molecule has 0 unspecified atom stereocenters. The molecule has 1 aromatic heterocycles. The first-order valence-electron chi connectivity index (χ1n) is 4.52. The van der Waals surface area contributed by atoms with E-state index in [-0.39, 0.29) is 0 Å². The molecule has 0 saturated heterocycles. The summed E-state index contributed by atoms with van der Waals surface area (Å²) >= 11 is 2.14. The van der Waals surface area contributed by atoms with Crippen LogP contribution in [0.15, 0.2) is 36.7 Å². The summed E-state index contributed by atoms with van der Waals surface area (Å²) in [6, 6.07) is 9.26. The van der Waals surface area contributed by atoms with Gasteiger partial charge in [0.2, 0.25) is 5.95 Å². The second kappa shape index (κ2) is 4.90. The van der Waals surface area contributed by atoms with Gasteiger partial charge >= 0.3 is 0 Å². The summed E-state index contributed by atoms with van der Waals surface area (Å²) in [5.74, 6) is 0.524. The van der Waals surface area contributed by atoms with E-state index in [2.05, 4.69) is 43.9 Å². The zero-order valence-corrected chi connectivity index (χ0v) is 10.3. The SMILES string of the molecule is N#Cc1cccc(Nc2ncc(I)cn2)c1. The van der Waals surface area contributed by atoms with Crippen LogP contribution >= 0.6 is 22.6 Å². The molecule has 0 aliphatic carbocycles. The van der Waals surface area contributed by atoms with Gasteiger partial charge in [0.05, 0.1) is 11.6 Å². The van der Waals surface area contributed by atoms with Crippen LogP contribution in [0.25, 0.3) is 0 Å². The maximum Gasteiger partial charge on any atom is 0.227 e. The maximum absolute atomic E-state index is 8.75. The summed E-state index contributed by atoms with van der Waals surface area (Å²) in [7, 11) is 0. The van der Waals surface area contributed by atoms with Crippen molar-refractivity contribution in [3.63, 3.8) is 0 Å². The molecule has 0 aliphatic rings. The third kappa shape index (κ3) is 2.67. The van der Waals surface area contributed by atoms with Crippen molar-refractivity contribution < 1.29 is 0 Å². The van der Waals surface area contributed by atoms with Crippen LogP contribution in [0.4, 0.5) is 11.6 Å². The van der Waals surface area contributed by atoms with Gasteiger partial charge in [0.1, 0.15) is 0 Å². The van der Waals surface area contributed by atoms with Gasteiger partial charge in [0.25, 0.3) is 0 Å². The fraction of sp³-hybridized carbons (Fsp3) is 0. The predicted octanol–water partition coefficient (Wildman–Crippen LogP) is 2.70. The lowest BCUT2D eigenvalue weighted by Gasteiger charge is -2.04. The number of benzene rings is 1. The molecule has 0 amide bonds. The van der Waals surface area contributed by atoms with Gasteiger partial charge in [0, 0.05) is 21.7 Å². The standard InChI is InChI=1S/C11H7IN4/c12-9-6-14-11(15-7-9)16-10-3-1-2-8(4-10)5-13/h1-4,6-7H,(H,14,15,16). The molecule has 0 aliphatic heterocycles. The van der Waals surface area contributed by atoms with Gasteiger partial charge in [-0.05, 0) is 40.8 Å². The average molecular weight is 322 g/mol. The Bertz CT molecular complexity index is 530. The highest BCUT2D eigenvalue weighted by atomic mass is 127. The Morgan fingerprint density at radius 1 is 1.25 bits per heavy atom. The minimum atomic E-state index is 0.524. The van der Waals surface area contributed by atoms with Crippen LogP contribution in [0.2, 0.25) is 0 Å². The molecule has 5 heteroatoms. The molecule has 1 N–H and O–H groups in total. The number of nitriles is 1. The van der Waals surface area contributed by atoms with Gasteiger partial charge in [-0.3, -0.25) is 0 Å². The van der Waals surface area contributed by atoms with E-state index in [0.717, 1.165) is 9.26 Å². The Labute approximate surface area is 106 Å². The highest BCUT2D eigenvalue weighted by Gasteiger charge is 1.98. The predicted molar refractivity (Wildman–Crippen MR) is 69.2 cm³/mol. The second-order valence-electron chi connectivity index (χ2n) is 3.04. The van der Waals surface area contributed by atoms with Crippen LogP contribution in [0.1, 0.15) is 5.56 Å². The molecule has 2 aromatic rings. The minimum absolute atomic E-state index is 0.524. The maximum atomic E-state index is 8.75.